The van der Waals surface area contributed by atoms with E-state index in [1.165, 1.54) is 12.8 Å². The minimum absolute atomic E-state index is 0.00338. The zero-order valence-electron chi connectivity index (χ0n) is 11.7. The van der Waals surface area contributed by atoms with E-state index in [0.717, 1.165) is 25.1 Å². The maximum atomic E-state index is 12.5. The normalized spacial score (nSPS) is 24.3. The number of piperidine rings is 1. The first-order valence-electron chi connectivity index (χ1n) is 7.26. The molecule has 1 amide bonds. The quantitative estimate of drug-likeness (QED) is 0.898. The number of hydrogen-bond donors (Lipinski definition) is 1. The van der Waals surface area contributed by atoms with Gasteiger partial charge in [0, 0.05) is 24.8 Å². The van der Waals surface area contributed by atoms with Crippen LogP contribution in [-0.2, 0) is 4.79 Å². The predicted octanol–water partition coefficient (Wildman–Crippen LogP) is 1.71. The second-order valence-electron chi connectivity index (χ2n) is 5.90. The first kappa shape index (κ1) is 12.7. The van der Waals surface area contributed by atoms with E-state index in [1.807, 2.05) is 15.8 Å². The lowest BCUT2D eigenvalue weighted by molar-refractivity contribution is -0.121. The molecule has 1 N–H and O–H groups in total. The molecule has 104 valence electrons. The van der Waals surface area contributed by atoms with Crippen LogP contribution in [0.25, 0.3) is 0 Å². The van der Waals surface area contributed by atoms with Crippen molar-refractivity contribution in [1.82, 2.24) is 15.1 Å². The number of amides is 1. The summed E-state index contributed by atoms with van der Waals surface area (Å²) in [4.78, 5) is 14.4. The fourth-order valence-electron chi connectivity index (χ4n) is 2.57. The van der Waals surface area contributed by atoms with E-state index >= 15 is 0 Å². The minimum Gasteiger partial charge on any atom is -0.308 e. The van der Waals surface area contributed by atoms with Crippen molar-refractivity contribution in [2.45, 2.75) is 57.7 Å². The fourth-order valence-corrected chi connectivity index (χ4v) is 2.57. The Labute approximate surface area is 114 Å². The first-order chi connectivity index (χ1) is 9.15. The molecule has 1 aliphatic carbocycles. The van der Waals surface area contributed by atoms with E-state index in [-0.39, 0.29) is 11.9 Å². The second kappa shape index (κ2) is 4.96. The van der Waals surface area contributed by atoms with Crippen molar-refractivity contribution in [1.29, 1.82) is 0 Å². The molecule has 1 aromatic rings. The maximum absolute atomic E-state index is 12.5. The van der Waals surface area contributed by atoms with Crippen molar-refractivity contribution in [2.75, 3.05) is 11.4 Å². The fraction of sp³-hybridized carbons (Fsp3) is 0.714. The Morgan fingerprint density at radius 1 is 1.37 bits per heavy atom. The number of anilines is 1. The molecule has 1 atom stereocenters. The van der Waals surface area contributed by atoms with Crippen LogP contribution < -0.4 is 10.2 Å². The molecule has 3 rings (SSSR count). The highest BCUT2D eigenvalue weighted by Gasteiger charge is 2.34. The van der Waals surface area contributed by atoms with Gasteiger partial charge in [-0.3, -0.25) is 9.48 Å². The minimum atomic E-state index is 0.00338. The molecule has 1 unspecified atom stereocenters. The van der Waals surface area contributed by atoms with Crippen molar-refractivity contribution >= 4 is 11.6 Å². The van der Waals surface area contributed by atoms with Crippen LogP contribution in [0.5, 0.6) is 0 Å². The Morgan fingerprint density at radius 3 is 2.79 bits per heavy atom. The molecule has 0 spiro atoms. The SMILES string of the molecule is CC(C)n1cc(N2CCCC(NC3CC3)C2=O)cn1. The van der Waals surface area contributed by atoms with Gasteiger partial charge in [0.05, 0.1) is 17.9 Å². The highest BCUT2D eigenvalue weighted by atomic mass is 16.2. The van der Waals surface area contributed by atoms with Gasteiger partial charge in [-0.2, -0.15) is 5.10 Å². The standard InChI is InChI=1S/C14H22N4O/c1-10(2)18-9-12(8-15-18)17-7-3-4-13(14(17)19)16-11-5-6-11/h8-11,13,16H,3-7H2,1-2H3. The van der Waals surface area contributed by atoms with Gasteiger partial charge in [-0.25, -0.2) is 0 Å². The van der Waals surface area contributed by atoms with E-state index < -0.39 is 0 Å². The van der Waals surface area contributed by atoms with Gasteiger partial charge in [-0.1, -0.05) is 0 Å². The Balaban J connectivity index is 1.72. The number of nitrogens with one attached hydrogen (secondary N) is 1. The lowest BCUT2D eigenvalue weighted by atomic mass is 10.0. The molecule has 1 saturated heterocycles. The molecule has 0 radical (unpaired) electrons. The summed E-state index contributed by atoms with van der Waals surface area (Å²) in [5.41, 5.74) is 0.931. The Bertz CT molecular complexity index is 464. The van der Waals surface area contributed by atoms with Crippen molar-refractivity contribution in [2.24, 2.45) is 0 Å². The van der Waals surface area contributed by atoms with Gasteiger partial charge in [-0.15, -0.1) is 0 Å². The molecule has 2 heterocycles. The summed E-state index contributed by atoms with van der Waals surface area (Å²) in [6.07, 6.45) is 8.23. The zero-order chi connectivity index (χ0) is 13.4. The number of rotatable bonds is 4. The van der Waals surface area contributed by atoms with Crippen LogP contribution in [0, 0.1) is 0 Å². The maximum Gasteiger partial charge on any atom is 0.244 e. The molecular formula is C14H22N4O. The molecule has 5 heteroatoms. The molecule has 1 aliphatic heterocycles. The average molecular weight is 262 g/mol. The molecule has 2 fully saturated rings. The van der Waals surface area contributed by atoms with Crippen LogP contribution in [0.1, 0.15) is 45.6 Å². The third-order valence-corrected chi connectivity index (χ3v) is 3.88. The molecule has 19 heavy (non-hydrogen) atoms. The van der Waals surface area contributed by atoms with Crippen LogP contribution >= 0.6 is 0 Å². The molecule has 5 nitrogen and oxygen atoms in total. The largest absolute Gasteiger partial charge is 0.308 e. The smallest absolute Gasteiger partial charge is 0.244 e. The van der Waals surface area contributed by atoms with Gasteiger partial charge in [-0.05, 0) is 39.5 Å². The van der Waals surface area contributed by atoms with Crippen LogP contribution in [-0.4, -0.2) is 34.3 Å². The first-order valence-corrected chi connectivity index (χ1v) is 7.26. The van der Waals surface area contributed by atoms with E-state index in [9.17, 15) is 4.79 Å². The Morgan fingerprint density at radius 2 is 2.16 bits per heavy atom. The van der Waals surface area contributed by atoms with Crippen molar-refractivity contribution in [3.05, 3.63) is 12.4 Å². The number of aromatic nitrogens is 2. The van der Waals surface area contributed by atoms with E-state index in [0.29, 0.717) is 12.1 Å². The van der Waals surface area contributed by atoms with Gasteiger partial charge in [0.2, 0.25) is 5.91 Å². The van der Waals surface area contributed by atoms with E-state index in [2.05, 4.69) is 24.3 Å². The van der Waals surface area contributed by atoms with E-state index in [1.54, 1.807) is 6.20 Å². The number of hydrogen-bond acceptors (Lipinski definition) is 3. The van der Waals surface area contributed by atoms with Gasteiger partial charge in [0.15, 0.2) is 0 Å². The van der Waals surface area contributed by atoms with Gasteiger partial charge >= 0.3 is 0 Å². The summed E-state index contributed by atoms with van der Waals surface area (Å²) in [6, 6.07) is 0.907. The van der Waals surface area contributed by atoms with Crippen LogP contribution in [0.2, 0.25) is 0 Å². The number of nitrogens with zero attached hydrogens (tertiary/aromatic N) is 3. The summed E-state index contributed by atoms with van der Waals surface area (Å²) in [7, 11) is 0. The van der Waals surface area contributed by atoms with Gasteiger partial charge in [0.25, 0.3) is 0 Å². The lowest BCUT2D eigenvalue weighted by Crippen LogP contribution is -2.51. The Kier molecular flexibility index (Phi) is 3.31. The van der Waals surface area contributed by atoms with Gasteiger partial charge < -0.3 is 10.2 Å². The van der Waals surface area contributed by atoms with E-state index in [4.69, 9.17) is 0 Å². The lowest BCUT2D eigenvalue weighted by Gasteiger charge is -2.31. The molecule has 0 bridgehead atoms. The van der Waals surface area contributed by atoms with Crippen molar-refractivity contribution in [3.63, 3.8) is 0 Å². The Hall–Kier alpha value is -1.36. The monoisotopic (exact) mass is 262 g/mol. The highest BCUT2D eigenvalue weighted by Crippen LogP contribution is 2.25. The van der Waals surface area contributed by atoms with Crippen LogP contribution in [0.4, 0.5) is 5.69 Å². The zero-order valence-corrected chi connectivity index (χ0v) is 11.7. The summed E-state index contributed by atoms with van der Waals surface area (Å²) < 4.78 is 1.90. The molecule has 1 aromatic heterocycles. The van der Waals surface area contributed by atoms with Crippen LogP contribution in [0.15, 0.2) is 12.4 Å². The molecule has 0 aromatic carbocycles. The highest BCUT2D eigenvalue weighted by molar-refractivity contribution is 5.97. The second-order valence-corrected chi connectivity index (χ2v) is 5.90. The summed E-state index contributed by atoms with van der Waals surface area (Å²) >= 11 is 0. The summed E-state index contributed by atoms with van der Waals surface area (Å²) in [6.45, 7) is 4.99. The van der Waals surface area contributed by atoms with Crippen LogP contribution in [0.3, 0.4) is 0 Å². The molecular weight excluding hydrogens is 240 g/mol. The predicted molar refractivity (Wildman–Crippen MR) is 74.1 cm³/mol. The summed E-state index contributed by atoms with van der Waals surface area (Å²) in [5.74, 6) is 0.210. The average Bonchev–Trinajstić information content (AvgIpc) is 3.05. The number of carbonyl (C=O) groups is 1. The molecule has 1 saturated carbocycles. The van der Waals surface area contributed by atoms with Crippen molar-refractivity contribution in [3.8, 4) is 0 Å². The third-order valence-electron chi connectivity index (χ3n) is 3.88. The number of carbonyl (C=O) groups excluding carboxylic acids is 1. The van der Waals surface area contributed by atoms with Crippen molar-refractivity contribution < 1.29 is 4.79 Å². The van der Waals surface area contributed by atoms with Gasteiger partial charge in [0.1, 0.15) is 0 Å². The third kappa shape index (κ3) is 2.66. The topological polar surface area (TPSA) is 50.2 Å². The molecule has 2 aliphatic rings. The summed E-state index contributed by atoms with van der Waals surface area (Å²) in [5, 5.41) is 7.78.